The molecule has 12 heteroatoms. The Hall–Kier alpha value is -3.84. The van der Waals surface area contributed by atoms with E-state index in [4.69, 9.17) is 23.7 Å². The van der Waals surface area contributed by atoms with Crippen molar-refractivity contribution < 1.29 is 58.2 Å². The van der Waals surface area contributed by atoms with Crippen molar-refractivity contribution in [2.45, 2.75) is 237 Å². The number of aliphatic carboxylic acids is 1. The van der Waals surface area contributed by atoms with Crippen LogP contribution in [-0.2, 0) is 42.9 Å². The molecular weight excluding hydrogens is 853 g/mol. The van der Waals surface area contributed by atoms with Crippen LogP contribution >= 0.6 is 0 Å². The number of carboxylic acids is 1. The van der Waals surface area contributed by atoms with Gasteiger partial charge >= 0.3 is 23.9 Å². The smallest absolute Gasteiger partial charge is 0.335 e. The van der Waals surface area contributed by atoms with Crippen molar-refractivity contribution in [2.24, 2.45) is 0 Å². The molecule has 0 aromatic carbocycles. The fourth-order valence-corrected chi connectivity index (χ4v) is 7.29. The van der Waals surface area contributed by atoms with Crippen LogP contribution in [0.1, 0.15) is 201 Å². The van der Waals surface area contributed by atoms with Gasteiger partial charge in [-0.05, 0) is 77.0 Å². The van der Waals surface area contributed by atoms with Gasteiger partial charge < -0.3 is 39.0 Å². The standard InChI is InChI=1S/C55H90O12/c1-4-7-10-13-16-19-21-23-24-26-27-30-32-35-38-41-47(56)63-44-46(65-48(57)42-39-36-34-31-28-25-22-20-17-14-11-8-5-2)45-64-55-53(51(60)50(59)52(67-55)54(61)62)66-49(58)43-40-37-33-29-18-15-12-9-6-3/h8,11,16-17,19-20,23-25,28,34,36,46,50-53,55,59-60H,4-7,9-10,12-15,18,21-22,26-27,29-33,35,37-45H2,1-3H3,(H,61,62)/b11-8-,19-16-,20-17-,24-23-,28-25-,36-34-. The fourth-order valence-electron chi connectivity index (χ4n) is 7.29. The van der Waals surface area contributed by atoms with Gasteiger partial charge in [0.25, 0.3) is 0 Å². The molecule has 1 heterocycles. The highest BCUT2D eigenvalue weighted by atomic mass is 16.7. The van der Waals surface area contributed by atoms with Crippen LogP contribution in [-0.4, -0.2) is 89.2 Å². The zero-order chi connectivity index (χ0) is 49.0. The van der Waals surface area contributed by atoms with Crippen LogP contribution in [0.15, 0.2) is 72.9 Å². The second-order valence-corrected chi connectivity index (χ2v) is 17.4. The Morgan fingerprint density at radius 3 is 1.52 bits per heavy atom. The fraction of sp³-hybridized carbons (Fsp3) is 0.709. The van der Waals surface area contributed by atoms with E-state index in [1.54, 1.807) is 0 Å². The molecule has 1 aliphatic rings. The Bertz CT molecular complexity index is 1450. The molecule has 0 radical (unpaired) electrons. The summed E-state index contributed by atoms with van der Waals surface area (Å²) in [6.07, 6.45) is 40.6. The van der Waals surface area contributed by atoms with Crippen molar-refractivity contribution in [1.82, 2.24) is 0 Å². The van der Waals surface area contributed by atoms with Gasteiger partial charge in [0.1, 0.15) is 18.8 Å². The lowest BCUT2D eigenvalue weighted by molar-refractivity contribution is -0.301. The van der Waals surface area contributed by atoms with Crippen molar-refractivity contribution >= 4 is 23.9 Å². The third-order valence-electron chi connectivity index (χ3n) is 11.3. The summed E-state index contributed by atoms with van der Waals surface area (Å²) in [6.45, 7) is 5.71. The normalized spacial score (nSPS) is 19.4. The largest absolute Gasteiger partial charge is 0.479 e. The first-order valence-electron chi connectivity index (χ1n) is 25.9. The number of rotatable bonds is 42. The molecule has 0 aromatic rings. The minimum absolute atomic E-state index is 0.0374. The quantitative estimate of drug-likeness (QED) is 0.0229. The number of carbonyl (C=O) groups excluding carboxylic acids is 3. The lowest BCUT2D eigenvalue weighted by Crippen LogP contribution is -2.61. The van der Waals surface area contributed by atoms with E-state index in [1.165, 1.54) is 44.9 Å². The Balaban J connectivity index is 2.78. The molecule has 1 rings (SSSR count). The molecule has 1 saturated heterocycles. The van der Waals surface area contributed by atoms with E-state index in [0.717, 1.165) is 89.9 Å². The van der Waals surface area contributed by atoms with Gasteiger partial charge in [0.05, 0.1) is 6.61 Å². The van der Waals surface area contributed by atoms with E-state index in [-0.39, 0.29) is 25.9 Å². The first-order chi connectivity index (χ1) is 32.6. The minimum atomic E-state index is -1.91. The molecule has 0 spiro atoms. The minimum Gasteiger partial charge on any atom is -0.479 e. The predicted molar refractivity (Wildman–Crippen MR) is 266 cm³/mol. The van der Waals surface area contributed by atoms with Crippen LogP contribution in [0.2, 0.25) is 0 Å². The lowest BCUT2D eigenvalue weighted by Gasteiger charge is -2.40. The van der Waals surface area contributed by atoms with Crippen molar-refractivity contribution in [1.29, 1.82) is 0 Å². The zero-order valence-electron chi connectivity index (χ0n) is 41.6. The molecule has 382 valence electrons. The number of hydrogen-bond acceptors (Lipinski definition) is 11. The summed E-state index contributed by atoms with van der Waals surface area (Å²) >= 11 is 0. The van der Waals surface area contributed by atoms with E-state index < -0.39 is 67.3 Å². The average Bonchev–Trinajstić information content (AvgIpc) is 3.31. The maximum Gasteiger partial charge on any atom is 0.335 e. The molecule has 1 aliphatic heterocycles. The summed E-state index contributed by atoms with van der Waals surface area (Å²) in [5.74, 6) is -3.26. The number of carbonyl (C=O) groups is 4. The second kappa shape index (κ2) is 43.4. The van der Waals surface area contributed by atoms with Crippen LogP contribution in [0.4, 0.5) is 0 Å². The van der Waals surface area contributed by atoms with Gasteiger partial charge in [-0.3, -0.25) is 14.4 Å². The monoisotopic (exact) mass is 943 g/mol. The number of ether oxygens (including phenoxy) is 5. The first-order valence-corrected chi connectivity index (χ1v) is 25.9. The number of esters is 3. The Labute approximate surface area is 404 Å². The molecule has 0 aromatic heterocycles. The Morgan fingerprint density at radius 1 is 0.507 bits per heavy atom. The van der Waals surface area contributed by atoms with Crippen LogP contribution in [0.25, 0.3) is 0 Å². The van der Waals surface area contributed by atoms with Gasteiger partial charge in [-0.1, -0.05) is 177 Å². The summed E-state index contributed by atoms with van der Waals surface area (Å²) in [5.41, 5.74) is 0. The number of aliphatic hydroxyl groups is 2. The SMILES string of the molecule is CC/C=C\C/C=C\C/C=C\C/C=C\CCC(=O)OC(COC(=O)CCCCCCC/C=C\C/C=C\CCCCC)COC1OC(C(=O)O)C(O)C(O)C1OC(=O)CCCCCCCCCCC. The molecule has 3 N–H and O–H groups in total. The lowest BCUT2D eigenvalue weighted by atomic mass is 9.98. The average molecular weight is 943 g/mol. The predicted octanol–water partition coefficient (Wildman–Crippen LogP) is 12.2. The van der Waals surface area contributed by atoms with E-state index in [0.29, 0.717) is 25.7 Å². The van der Waals surface area contributed by atoms with Crippen molar-refractivity contribution in [2.75, 3.05) is 13.2 Å². The topological polar surface area (TPSA) is 175 Å². The summed E-state index contributed by atoms with van der Waals surface area (Å²) in [5, 5.41) is 31.2. The van der Waals surface area contributed by atoms with E-state index >= 15 is 0 Å². The van der Waals surface area contributed by atoms with Crippen molar-refractivity contribution in [3.8, 4) is 0 Å². The highest BCUT2D eigenvalue weighted by Gasteiger charge is 2.50. The molecule has 6 unspecified atom stereocenters. The molecule has 12 nitrogen and oxygen atoms in total. The molecule has 0 amide bonds. The van der Waals surface area contributed by atoms with Crippen LogP contribution in [0.3, 0.4) is 0 Å². The van der Waals surface area contributed by atoms with Crippen LogP contribution in [0.5, 0.6) is 0 Å². The Morgan fingerprint density at radius 2 is 0.970 bits per heavy atom. The molecule has 0 saturated carbocycles. The molecule has 1 fully saturated rings. The highest BCUT2D eigenvalue weighted by Crippen LogP contribution is 2.26. The first kappa shape index (κ1) is 61.2. The van der Waals surface area contributed by atoms with E-state index in [9.17, 15) is 34.5 Å². The van der Waals surface area contributed by atoms with Crippen molar-refractivity contribution in [3.63, 3.8) is 0 Å². The summed E-state index contributed by atoms with van der Waals surface area (Å²) in [7, 11) is 0. The molecule has 0 bridgehead atoms. The second-order valence-electron chi connectivity index (χ2n) is 17.4. The zero-order valence-corrected chi connectivity index (χ0v) is 41.6. The maximum atomic E-state index is 13.0. The maximum absolute atomic E-state index is 13.0. The van der Waals surface area contributed by atoms with Gasteiger partial charge in [-0.2, -0.15) is 0 Å². The van der Waals surface area contributed by atoms with E-state index in [2.05, 4.69) is 81.5 Å². The van der Waals surface area contributed by atoms with E-state index in [1.807, 2.05) is 12.2 Å². The number of aliphatic hydroxyl groups excluding tert-OH is 2. The number of hydrogen-bond donors (Lipinski definition) is 3. The number of allylic oxidation sites excluding steroid dienone is 12. The Kier molecular flexibility index (Phi) is 39.7. The van der Waals surface area contributed by atoms with Gasteiger partial charge in [0.2, 0.25) is 0 Å². The number of unbranched alkanes of at least 4 members (excludes halogenated alkanes) is 16. The third kappa shape index (κ3) is 34.2. The molecular formula is C55H90O12. The van der Waals surface area contributed by atoms with Gasteiger partial charge in [-0.25, -0.2) is 4.79 Å². The number of carboxylic acid groups (broad SMARTS) is 1. The molecule has 6 atom stereocenters. The van der Waals surface area contributed by atoms with Gasteiger partial charge in [-0.15, -0.1) is 0 Å². The summed E-state index contributed by atoms with van der Waals surface area (Å²) in [4.78, 5) is 50.7. The van der Waals surface area contributed by atoms with Crippen LogP contribution in [0, 0.1) is 0 Å². The third-order valence-corrected chi connectivity index (χ3v) is 11.3. The molecule has 0 aliphatic carbocycles. The van der Waals surface area contributed by atoms with Crippen molar-refractivity contribution in [3.05, 3.63) is 72.9 Å². The summed E-state index contributed by atoms with van der Waals surface area (Å²) < 4.78 is 28.1. The van der Waals surface area contributed by atoms with Gasteiger partial charge in [0, 0.05) is 19.3 Å². The van der Waals surface area contributed by atoms with Gasteiger partial charge in [0.15, 0.2) is 24.6 Å². The van der Waals surface area contributed by atoms with Crippen LogP contribution < -0.4 is 0 Å². The summed E-state index contributed by atoms with van der Waals surface area (Å²) in [6, 6.07) is 0. The molecule has 67 heavy (non-hydrogen) atoms. The highest BCUT2D eigenvalue weighted by molar-refractivity contribution is 5.74.